The van der Waals surface area contributed by atoms with E-state index in [-0.39, 0.29) is 18.7 Å². The summed E-state index contributed by atoms with van der Waals surface area (Å²) in [6.07, 6.45) is -0.237. The summed E-state index contributed by atoms with van der Waals surface area (Å²) < 4.78 is 5.06. The molecule has 3 N–H and O–H groups in total. The molecule has 0 saturated carbocycles. The molecule has 20 heavy (non-hydrogen) atoms. The molecule has 2 heterocycles. The third-order valence-electron chi connectivity index (χ3n) is 3.13. The maximum Gasteiger partial charge on any atom is 0.326 e. The van der Waals surface area contributed by atoms with E-state index in [0.717, 1.165) is 11.0 Å². The summed E-state index contributed by atoms with van der Waals surface area (Å²) in [5.41, 5.74) is -1.80. The molecular formula is C11H13N3O6. The quantitative estimate of drug-likeness (QED) is 0.610. The molecule has 1 aliphatic rings. The number of carbonyl (C=O) groups excluding carboxylic acids is 1. The second-order valence-corrected chi connectivity index (χ2v) is 4.41. The number of carboxylic acids is 1. The summed E-state index contributed by atoms with van der Waals surface area (Å²) >= 11 is 0. The van der Waals surface area contributed by atoms with E-state index in [0.29, 0.717) is 0 Å². The molecule has 0 aromatic carbocycles. The second-order valence-electron chi connectivity index (χ2n) is 4.41. The Morgan fingerprint density at radius 3 is 2.65 bits per heavy atom. The molecular weight excluding hydrogens is 270 g/mol. The lowest BCUT2D eigenvalue weighted by Gasteiger charge is -2.20. The number of likely N-dealkylation sites (tertiary alicyclic amines) is 1. The molecule has 9 heteroatoms. The fourth-order valence-corrected chi connectivity index (χ4v) is 2.17. The Morgan fingerprint density at radius 1 is 1.40 bits per heavy atom. The van der Waals surface area contributed by atoms with Crippen molar-refractivity contribution in [2.75, 3.05) is 13.7 Å². The Hall–Kier alpha value is -2.42. The third kappa shape index (κ3) is 2.62. The van der Waals surface area contributed by atoms with Gasteiger partial charge in [-0.05, 0) is 0 Å². The van der Waals surface area contributed by atoms with Crippen LogP contribution in [0.2, 0.25) is 0 Å². The molecule has 2 unspecified atom stereocenters. The van der Waals surface area contributed by atoms with Gasteiger partial charge in [0.25, 0.3) is 11.5 Å². The van der Waals surface area contributed by atoms with Gasteiger partial charge in [0.1, 0.15) is 11.7 Å². The molecule has 1 aliphatic heterocycles. The Kier molecular flexibility index (Phi) is 3.70. The highest BCUT2D eigenvalue weighted by Gasteiger charge is 2.40. The first-order valence-electron chi connectivity index (χ1n) is 5.82. The summed E-state index contributed by atoms with van der Waals surface area (Å²) in [5, 5.41) is 9.11. The molecule has 0 radical (unpaired) electrons. The molecule has 0 aliphatic carbocycles. The van der Waals surface area contributed by atoms with Gasteiger partial charge in [0.05, 0.1) is 6.10 Å². The molecule has 1 aromatic rings. The monoisotopic (exact) mass is 283 g/mol. The maximum atomic E-state index is 12.2. The minimum absolute atomic E-state index is 0.0845. The van der Waals surface area contributed by atoms with Crippen LogP contribution < -0.4 is 11.2 Å². The van der Waals surface area contributed by atoms with Crippen molar-refractivity contribution in [2.45, 2.75) is 18.6 Å². The highest BCUT2D eigenvalue weighted by molar-refractivity contribution is 5.95. The summed E-state index contributed by atoms with van der Waals surface area (Å²) in [5.74, 6) is -1.88. The zero-order valence-electron chi connectivity index (χ0n) is 10.6. The van der Waals surface area contributed by atoms with Crippen LogP contribution in [0.1, 0.15) is 16.9 Å². The summed E-state index contributed by atoms with van der Waals surface area (Å²) in [7, 11) is 1.42. The zero-order valence-corrected chi connectivity index (χ0v) is 10.6. The second kappa shape index (κ2) is 5.29. The molecule has 9 nitrogen and oxygen atoms in total. The number of nitrogens with zero attached hydrogens (tertiary/aromatic N) is 1. The Morgan fingerprint density at radius 2 is 2.10 bits per heavy atom. The number of aromatic nitrogens is 2. The van der Waals surface area contributed by atoms with Crippen molar-refractivity contribution in [3.63, 3.8) is 0 Å². The van der Waals surface area contributed by atoms with Gasteiger partial charge in [-0.2, -0.15) is 0 Å². The number of amides is 1. The lowest BCUT2D eigenvalue weighted by Crippen LogP contribution is -2.42. The van der Waals surface area contributed by atoms with Gasteiger partial charge in [-0.15, -0.1) is 0 Å². The van der Waals surface area contributed by atoms with Crippen molar-refractivity contribution in [3.8, 4) is 0 Å². The minimum atomic E-state index is -1.16. The standard InChI is InChI=1S/C11H13N3O6/c1-20-5-2-7(10(17)18)14(4-5)9(16)6-3-8(15)13-11(19)12-6/h3,5,7H,2,4H2,1H3,(H,17,18)(H2,12,13,15,19). The molecule has 0 spiro atoms. The number of aromatic amines is 2. The van der Waals surface area contributed by atoms with E-state index < -0.39 is 35.3 Å². The van der Waals surface area contributed by atoms with Crippen LogP contribution in [0, 0.1) is 0 Å². The number of carbonyl (C=O) groups is 2. The molecule has 108 valence electrons. The van der Waals surface area contributed by atoms with Gasteiger partial charge in [0.2, 0.25) is 0 Å². The molecule has 2 atom stereocenters. The van der Waals surface area contributed by atoms with Crippen LogP contribution in [0.4, 0.5) is 0 Å². The van der Waals surface area contributed by atoms with Crippen molar-refractivity contribution in [2.24, 2.45) is 0 Å². The normalized spacial score (nSPS) is 21.9. The van der Waals surface area contributed by atoms with Crippen molar-refractivity contribution in [1.29, 1.82) is 0 Å². The number of ether oxygens (including phenoxy) is 1. The van der Waals surface area contributed by atoms with Crippen LogP contribution in [0.25, 0.3) is 0 Å². The van der Waals surface area contributed by atoms with E-state index in [2.05, 4.69) is 4.98 Å². The predicted octanol–water partition coefficient (Wildman–Crippen LogP) is -1.62. The van der Waals surface area contributed by atoms with Gasteiger partial charge in [0, 0.05) is 26.1 Å². The molecule has 1 aromatic heterocycles. The van der Waals surface area contributed by atoms with E-state index in [1.807, 2.05) is 4.98 Å². The van der Waals surface area contributed by atoms with Gasteiger partial charge < -0.3 is 19.7 Å². The number of hydrogen-bond donors (Lipinski definition) is 3. The average Bonchev–Trinajstić information content (AvgIpc) is 2.81. The number of carboxylic acid groups (broad SMARTS) is 1. The van der Waals surface area contributed by atoms with Crippen molar-refractivity contribution < 1.29 is 19.4 Å². The van der Waals surface area contributed by atoms with Crippen LogP contribution in [0.3, 0.4) is 0 Å². The van der Waals surface area contributed by atoms with Gasteiger partial charge in [-0.3, -0.25) is 14.6 Å². The number of aliphatic carboxylic acids is 1. The number of methoxy groups -OCH3 is 1. The van der Waals surface area contributed by atoms with Gasteiger partial charge in [-0.25, -0.2) is 9.59 Å². The molecule has 2 rings (SSSR count). The van der Waals surface area contributed by atoms with Crippen LogP contribution in [-0.2, 0) is 9.53 Å². The summed E-state index contributed by atoms with van der Waals surface area (Å²) in [6.45, 7) is 0.0845. The minimum Gasteiger partial charge on any atom is -0.480 e. The topological polar surface area (TPSA) is 133 Å². The van der Waals surface area contributed by atoms with Gasteiger partial charge in [0.15, 0.2) is 0 Å². The number of H-pyrrole nitrogens is 2. The van der Waals surface area contributed by atoms with E-state index in [1.165, 1.54) is 7.11 Å². The van der Waals surface area contributed by atoms with Crippen molar-refractivity contribution in [3.05, 3.63) is 32.6 Å². The van der Waals surface area contributed by atoms with E-state index in [1.54, 1.807) is 0 Å². The first-order chi connectivity index (χ1) is 9.42. The highest BCUT2D eigenvalue weighted by Crippen LogP contribution is 2.21. The molecule has 0 bridgehead atoms. The molecule has 1 saturated heterocycles. The van der Waals surface area contributed by atoms with Gasteiger partial charge in [-0.1, -0.05) is 0 Å². The fraction of sp³-hybridized carbons (Fsp3) is 0.455. The Labute approximate surface area is 112 Å². The number of rotatable bonds is 3. The van der Waals surface area contributed by atoms with E-state index in [4.69, 9.17) is 9.84 Å². The molecule has 1 amide bonds. The fourth-order valence-electron chi connectivity index (χ4n) is 2.17. The van der Waals surface area contributed by atoms with E-state index >= 15 is 0 Å². The predicted molar refractivity (Wildman–Crippen MR) is 65.6 cm³/mol. The van der Waals surface area contributed by atoms with Crippen molar-refractivity contribution >= 4 is 11.9 Å². The SMILES string of the molecule is COC1CC(C(=O)O)N(C(=O)c2cc(=O)[nH]c(=O)[nH]2)C1. The zero-order chi connectivity index (χ0) is 14.9. The average molecular weight is 283 g/mol. The highest BCUT2D eigenvalue weighted by atomic mass is 16.5. The van der Waals surface area contributed by atoms with E-state index in [9.17, 15) is 19.2 Å². The van der Waals surface area contributed by atoms with Crippen LogP contribution in [0.5, 0.6) is 0 Å². The first kappa shape index (κ1) is 14.0. The number of hydrogen-bond acceptors (Lipinski definition) is 5. The number of nitrogens with one attached hydrogen (secondary N) is 2. The summed E-state index contributed by atoms with van der Waals surface area (Å²) in [6, 6.07) is -0.127. The van der Waals surface area contributed by atoms with Crippen molar-refractivity contribution in [1.82, 2.24) is 14.9 Å². The summed E-state index contributed by atoms with van der Waals surface area (Å²) in [4.78, 5) is 50.9. The first-order valence-corrected chi connectivity index (χ1v) is 5.82. The largest absolute Gasteiger partial charge is 0.480 e. The lowest BCUT2D eigenvalue weighted by atomic mass is 10.2. The van der Waals surface area contributed by atoms with Gasteiger partial charge >= 0.3 is 11.7 Å². The van der Waals surface area contributed by atoms with Crippen LogP contribution in [0.15, 0.2) is 15.7 Å². The Bertz CT molecular complexity index is 620. The smallest absolute Gasteiger partial charge is 0.326 e. The van der Waals surface area contributed by atoms with Crippen LogP contribution in [-0.4, -0.2) is 57.7 Å². The Balaban J connectivity index is 2.33. The lowest BCUT2D eigenvalue weighted by molar-refractivity contribution is -0.141. The molecule has 1 fully saturated rings. The third-order valence-corrected chi connectivity index (χ3v) is 3.13. The van der Waals surface area contributed by atoms with Crippen LogP contribution >= 0.6 is 0 Å². The maximum absolute atomic E-state index is 12.2.